The molecule has 15 nitrogen and oxygen atoms in total. The first-order valence-electron chi connectivity index (χ1n) is 18.6. The minimum atomic E-state index is -3.71. The predicted molar refractivity (Wildman–Crippen MR) is 228 cm³/mol. The summed E-state index contributed by atoms with van der Waals surface area (Å²) in [4.78, 5) is 18.1. The summed E-state index contributed by atoms with van der Waals surface area (Å²) in [5.41, 5.74) is 2.80. The number of amides is 2. The highest BCUT2D eigenvalue weighted by Gasteiger charge is 2.23. The maximum absolute atomic E-state index is 13.5. The molecule has 0 aliphatic rings. The van der Waals surface area contributed by atoms with Gasteiger partial charge < -0.3 is 39.4 Å². The third-order valence-electron chi connectivity index (χ3n) is 8.90. The van der Waals surface area contributed by atoms with Crippen molar-refractivity contribution in [1.29, 1.82) is 0 Å². The highest BCUT2D eigenvalue weighted by molar-refractivity contribution is 7.92. The Kier molecular flexibility index (Phi) is 14.8. The average molecular weight is 851 g/mol. The molecule has 0 saturated carbocycles. The van der Waals surface area contributed by atoms with Crippen LogP contribution in [-0.2, 0) is 41.2 Å². The van der Waals surface area contributed by atoms with E-state index in [2.05, 4.69) is 20.3 Å². The van der Waals surface area contributed by atoms with Crippen LogP contribution in [0.2, 0.25) is 0 Å². The van der Waals surface area contributed by atoms with Crippen LogP contribution in [0.3, 0.4) is 0 Å². The zero-order valence-corrected chi connectivity index (χ0v) is 35.5. The number of benzene rings is 4. The van der Waals surface area contributed by atoms with E-state index in [0.717, 1.165) is 22.8 Å². The topological polar surface area (TPSA) is 201 Å². The normalized spacial score (nSPS) is 11.9. The number of ether oxygens (including phenoxy) is 5. The second-order valence-corrected chi connectivity index (χ2v) is 18.3. The van der Waals surface area contributed by atoms with Crippen LogP contribution in [0.25, 0.3) is 10.8 Å². The average Bonchev–Trinajstić information content (AvgIpc) is 3.17. The van der Waals surface area contributed by atoms with Gasteiger partial charge in [0, 0.05) is 35.2 Å². The van der Waals surface area contributed by atoms with E-state index >= 15 is 0 Å². The lowest BCUT2D eigenvalue weighted by atomic mass is 9.86. The lowest BCUT2D eigenvalue weighted by Crippen LogP contribution is -2.22. The zero-order valence-electron chi connectivity index (χ0n) is 33.8. The molecule has 316 valence electrons. The van der Waals surface area contributed by atoms with Gasteiger partial charge >= 0.3 is 6.03 Å². The second-order valence-electron chi connectivity index (χ2n) is 14.5. The molecule has 0 atom stereocenters. The van der Waals surface area contributed by atoms with Gasteiger partial charge in [-0.2, -0.15) is 0 Å². The number of sulfonamides is 1. The summed E-state index contributed by atoms with van der Waals surface area (Å²) in [6.45, 7) is 6.45. The summed E-state index contributed by atoms with van der Waals surface area (Å²) in [5.74, 6) is 1.16. The molecule has 1 heterocycles. The first kappa shape index (κ1) is 44.6. The lowest BCUT2D eigenvalue weighted by Gasteiger charge is -2.24. The first-order valence-corrected chi connectivity index (χ1v) is 22.1. The van der Waals surface area contributed by atoms with E-state index in [1.165, 1.54) is 20.3 Å². The fraction of sp³-hybridized carbons (Fsp3) is 0.333. The number of methoxy groups -OCH3 is 2. The van der Waals surface area contributed by atoms with Crippen LogP contribution in [0.1, 0.15) is 37.6 Å². The third-order valence-corrected chi connectivity index (χ3v) is 11.2. The van der Waals surface area contributed by atoms with Gasteiger partial charge in [-0.3, -0.25) is 9.71 Å². The number of nitrogens with one attached hydrogen (secondary N) is 3. The van der Waals surface area contributed by atoms with E-state index in [9.17, 15) is 21.6 Å². The van der Waals surface area contributed by atoms with Gasteiger partial charge in [0.25, 0.3) is 0 Å². The standard InChI is InChI=1S/C42H50N4O11S2/c1-42(2,3)29-25-35(40(54-5)36(26-29)46-58(6,49)50)45-41(48)44-34-12-13-37(33-10-8-7-9-32(33)34)57-31-15-16-43-30(27-31)23-28-11-14-39(38(24-28)53-4)59(51,52)22-21-56-20-19-55-18-17-47/h7-16,24-27,46-47H,17-23H2,1-6H3,(H2,44,45,48). The van der Waals surface area contributed by atoms with Crippen molar-refractivity contribution in [1.82, 2.24) is 4.98 Å². The van der Waals surface area contributed by atoms with Crippen molar-refractivity contribution in [3.8, 4) is 23.0 Å². The Hall–Kier alpha value is -5.46. The molecule has 0 bridgehead atoms. The molecule has 0 aliphatic heterocycles. The number of anilines is 3. The van der Waals surface area contributed by atoms with Crippen LogP contribution in [0.4, 0.5) is 21.9 Å². The van der Waals surface area contributed by atoms with Crippen LogP contribution in [-0.4, -0.2) is 92.2 Å². The third kappa shape index (κ3) is 12.3. The van der Waals surface area contributed by atoms with Gasteiger partial charge in [0.15, 0.2) is 15.6 Å². The molecule has 0 spiro atoms. The summed E-state index contributed by atoms with van der Waals surface area (Å²) in [7, 11) is -4.56. The lowest BCUT2D eigenvalue weighted by molar-refractivity contribution is 0.0375. The number of aromatic nitrogens is 1. The largest absolute Gasteiger partial charge is 0.495 e. The molecule has 2 amide bonds. The van der Waals surface area contributed by atoms with Crippen molar-refractivity contribution in [2.45, 2.75) is 37.5 Å². The van der Waals surface area contributed by atoms with Gasteiger partial charge in [0.05, 0.1) is 76.3 Å². The van der Waals surface area contributed by atoms with E-state index < -0.39 is 25.9 Å². The fourth-order valence-electron chi connectivity index (χ4n) is 6.09. The molecule has 0 unspecified atom stereocenters. The molecule has 5 rings (SSSR count). The van der Waals surface area contributed by atoms with Crippen molar-refractivity contribution in [3.63, 3.8) is 0 Å². The Morgan fingerprint density at radius 1 is 0.763 bits per heavy atom. The number of hydrogen-bond acceptors (Lipinski definition) is 12. The van der Waals surface area contributed by atoms with Crippen LogP contribution in [0.15, 0.2) is 90.0 Å². The van der Waals surface area contributed by atoms with E-state index in [-0.39, 0.29) is 72.0 Å². The van der Waals surface area contributed by atoms with Crippen molar-refractivity contribution in [3.05, 3.63) is 102 Å². The Morgan fingerprint density at radius 2 is 1.46 bits per heavy atom. The van der Waals surface area contributed by atoms with Crippen molar-refractivity contribution < 1.29 is 50.4 Å². The number of aliphatic hydroxyl groups excluding tert-OH is 1. The molecular weight excluding hydrogens is 801 g/mol. The molecule has 17 heteroatoms. The van der Waals surface area contributed by atoms with Crippen molar-refractivity contribution in [2.75, 3.05) is 74.6 Å². The minimum absolute atomic E-state index is 0.0198. The summed E-state index contributed by atoms with van der Waals surface area (Å²) >= 11 is 0. The molecule has 0 fully saturated rings. The van der Waals surface area contributed by atoms with Gasteiger partial charge in [-0.15, -0.1) is 0 Å². The Balaban J connectivity index is 1.30. The van der Waals surface area contributed by atoms with Gasteiger partial charge in [-0.25, -0.2) is 21.6 Å². The number of carbonyl (C=O) groups excluding carboxylic acids is 1. The molecule has 59 heavy (non-hydrogen) atoms. The molecule has 4 aromatic carbocycles. The first-order chi connectivity index (χ1) is 28.0. The number of urea groups is 1. The van der Waals surface area contributed by atoms with Crippen LogP contribution < -0.4 is 29.6 Å². The number of pyridine rings is 1. The molecule has 0 aliphatic carbocycles. The maximum atomic E-state index is 13.5. The highest BCUT2D eigenvalue weighted by atomic mass is 32.2. The number of sulfone groups is 1. The number of rotatable bonds is 19. The number of aliphatic hydroxyl groups is 1. The number of fused-ring (bicyclic) bond motifs is 1. The number of carbonyl (C=O) groups is 1. The van der Waals surface area contributed by atoms with E-state index in [0.29, 0.717) is 34.7 Å². The van der Waals surface area contributed by atoms with Crippen molar-refractivity contribution >= 4 is 53.7 Å². The number of nitrogens with zero attached hydrogens (tertiary/aromatic N) is 1. The minimum Gasteiger partial charge on any atom is -0.495 e. The van der Waals surface area contributed by atoms with Crippen LogP contribution in [0, 0.1) is 0 Å². The second kappa shape index (κ2) is 19.5. The van der Waals surface area contributed by atoms with Crippen molar-refractivity contribution in [2.24, 2.45) is 0 Å². The summed E-state index contributed by atoms with van der Waals surface area (Å²) < 4.78 is 80.9. The zero-order chi connectivity index (χ0) is 42.8. The highest BCUT2D eigenvalue weighted by Crippen LogP contribution is 2.40. The van der Waals surface area contributed by atoms with Crippen LogP contribution >= 0.6 is 0 Å². The molecule has 4 N–H and O–H groups in total. The SMILES string of the molecule is COc1cc(Cc2cc(Oc3ccc(NC(=O)Nc4cc(C(C)(C)C)cc(NS(C)(=O)=O)c4OC)c4ccccc34)ccn2)ccc1S(=O)(=O)CCOCCOCCO. The van der Waals surface area contributed by atoms with E-state index in [1.54, 1.807) is 54.7 Å². The molecule has 1 aromatic heterocycles. The summed E-state index contributed by atoms with van der Waals surface area (Å²) in [5, 5.41) is 15.9. The Labute approximate surface area is 345 Å². The monoisotopic (exact) mass is 850 g/mol. The van der Waals surface area contributed by atoms with E-state index in [4.69, 9.17) is 28.8 Å². The van der Waals surface area contributed by atoms with Crippen LogP contribution in [0.5, 0.6) is 23.0 Å². The van der Waals surface area contributed by atoms with Gasteiger partial charge in [0.1, 0.15) is 22.1 Å². The fourth-order valence-corrected chi connectivity index (χ4v) is 7.92. The molecular formula is C42H50N4O11S2. The van der Waals surface area contributed by atoms with Gasteiger partial charge in [-0.1, -0.05) is 51.1 Å². The summed E-state index contributed by atoms with van der Waals surface area (Å²) in [6, 6.07) is 22.2. The molecule has 5 aromatic rings. The smallest absolute Gasteiger partial charge is 0.323 e. The Bertz CT molecular complexity index is 2490. The quantitative estimate of drug-likeness (QED) is 0.0639. The maximum Gasteiger partial charge on any atom is 0.323 e. The molecule has 0 saturated heterocycles. The molecule has 0 radical (unpaired) electrons. The number of hydrogen-bond donors (Lipinski definition) is 4. The summed E-state index contributed by atoms with van der Waals surface area (Å²) in [6.07, 6.45) is 3.02. The van der Waals surface area contributed by atoms with Gasteiger partial charge in [0.2, 0.25) is 10.0 Å². The van der Waals surface area contributed by atoms with Gasteiger partial charge in [-0.05, 0) is 59.0 Å². The Morgan fingerprint density at radius 3 is 2.14 bits per heavy atom. The van der Waals surface area contributed by atoms with E-state index in [1.807, 2.05) is 45.0 Å². The predicted octanol–water partition coefficient (Wildman–Crippen LogP) is 6.75.